The number of hydrogen-bond acceptors (Lipinski definition) is 4. The van der Waals surface area contributed by atoms with Crippen molar-refractivity contribution in [3.05, 3.63) is 0 Å². The predicted octanol–water partition coefficient (Wildman–Crippen LogP) is 1.42. The number of rotatable bonds is 7. The second-order valence-electron chi connectivity index (χ2n) is 4.63. The van der Waals surface area contributed by atoms with Crippen LogP contribution in [0.25, 0.3) is 0 Å². The molecule has 0 radical (unpaired) electrons. The van der Waals surface area contributed by atoms with Crippen LogP contribution in [0.3, 0.4) is 0 Å². The fourth-order valence-corrected chi connectivity index (χ4v) is 3.06. The maximum absolute atomic E-state index is 12.3. The van der Waals surface area contributed by atoms with Gasteiger partial charge in [0, 0.05) is 12.1 Å². The zero-order valence-corrected chi connectivity index (χ0v) is 13.0. The van der Waals surface area contributed by atoms with Crippen molar-refractivity contribution in [3.8, 4) is 0 Å². The molecule has 14 heteroatoms. The van der Waals surface area contributed by atoms with Crippen LogP contribution in [-0.4, -0.2) is 39.9 Å². The summed E-state index contributed by atoms with van der Waals surface area (Å²) >= 11 is 0. The lowest BCUT2D eigenvalue weighted by molar-refractivity contribution is -0.0466. The first kappa shape index (κ1) is 21.4. The summed E-state index contributed by atoms with van der Waals surface area (Å²) in [6.07, 6.45) is -0.243. The van der Waals surface area contributed by atoms with E-state index >= 15 is 0 Å². The van der Waals surface area contributed by atoms with Gasteiger partial charge in [-0.1, -0.05) is 13.3 Å². The van der Waals surface area contributed by atoms with Gasteiger partial charge in [0.1, 0.15) is 0 Å². The van der Waals surface area contributed by atoms with E-state index in [9.17, 15) is 43.2 Å². The molecule has 0 saturated heterocycles. The zero-order chi connectivity index (χ0) is 18.0. The Hall–Kier alpha value is -0.600. The van der Waals surface area contributed by atoms with Gasteiger partial charge >= 0.3 is 31.1 Å². The predicted molar refractivity (Wildman–Crippen MR) is 64.4 cm³/mol. The van der Waals surface area contributed by atoms with Crippen LogP contribution in [0.1, 0.15) is 26.7 Å². The summed E-state index contributed by atoms with van der Waals surface area (Å²) < 4.78 is 119. The van der Waals surface area contributed by atoms with Crippen LogP contribution in [0.4, 0.5) is 26.3 Å². The topological polar surface area (TPSA) is 92.3 Å². The first-order chi connectivity index (χ1) is 9.47. The molecule has 0 aromatic rings. The minimum Gasteiger partial charge on any atom is -0.206 e. The number of hydrogen-bond donors (Lipinski definition) is 2. The highest BCUT2D eigenvalue weighted by Crippen LogP contribution is 2.26. The largest absolute Gasteiger partial charge is 0.511 e. The summed E-state index contributed by atoms with van der Waals surface area (Å²) in [5.74, 6) is 0. The SMILES string of the molecule is CCCC(C)(CNS(=O)(=O)C(F)(F)F)NS(=O)(=O)C(F)(F)F. The van der Waals surface area contributed by atoms with E-state index in [0.29, 0.717) is 0 Å². The Morgan fingerprint density at radius 3 is 1.59 bits per heavy atom. The molecule has 0 heterocycles. The van der Waals surface area contributed by atoms with Crippen molar-refractivity contribution in [1.82, 2.24) is 9.44 Å². The van der Waals surface area contributed by atoms with E-state index < -0.39 is 43.1 Å². The average Bonchev–Trinajstić information content (AvgIpc) is 2.23. The van der Waals surface area contributed by atoms with E-state index in [1.54, 1.807) is 0 Å². The third-order valence-electron chi connectivity index (χ3n) is 2.44. The molecule has 0 aromatic carbocycles. The minimum absolute atomic E-state index is 0.0879. The molecule has 6 nitrogen and oxygen atoms in total. The lowest BCUT2D eigenvalue weighted by Gasteiger charge is -2.30. The number of halogens is 6. The van der Waals surface area contributed by atoms with E-state index in [0.717, 1.165) is 11.6 Å². The maximum Gasteiger partial charge on any atom is 0.511 e. The Labute approximate surface area is 123 Å². The Kier molecular flexibility index (Phi) is 6.31. The highest BCUT2D eigenvalue weighted by molar-refractivity contribution is 7.90. The van der Waals surface area contributed by atoms with Gasteiger partial charge in [0.15, 0.2) is 0 Å². The summed E-state index contributed by atoms with van der Waals surface area (Å²) in [7, 11) is -11.7. The van der Waals surface area contributed by atoms with Gasteiger partial charge in [-0.15, -0.1) is 0 Å². The van der Waals surface area contributed by atoms with Crippen LogP contribution in [0.2, 0.25) is 0 Å². The molecule has 0 fully saturated rings. The van der Waals surface area contributed by atoms with Crippen molar-refractivity contribution in [2.75, 3.05) is 6.54 Å². The normalized spacial score (nSPS) is 17.3. The van der Waals surface area contributed by atoms with Gasteiger partial charge in [-0.3, -0.25) is 0 Å². The lowest BCUT2D eigenvalue weighted by atomic mass is 9.98. The molecular weight excluding hydrogens is 366 g/mol. The van der Waals surface area contributed by atoms with Gasteiger partial charge < -0.3 is 0 Å². The lowest BCUT2D eigenvalue weighted by Crippen LogP contribution is -2.57. The van der Waals surface area contributed by atoms with Gasteiger partial charge in [0.25, 0.3) is 0 Å². The van der Waals surface area contributed by atoms with Crippen LogP contribution in [0.5, 0.6) is 0 Å². The summed E-state index contributed by atoms with van der Waals surface area (Å²) in [5, 5.41) is 0. The Balaban J connectivity index is 5.32. The number of sulfonamides is 2. The fraction of sp³-hybridized carbons (Fsp3) is 1.00. The van der Waals surface area contributed by atoms with E-state index in [4.69, 9.17) is 0 Å². The second-order valence-corrected chi connectivity index (χ2v) is 8.06. The van der Waals surface area contributed by atoms with Crippen molar-refractivity contribution in [1.29, 1.82) is 0 Å². The van der Waals surface area contributed by atoms with E-state index in [1.807, 2.05) is 0 Å². The Bertz CT molecular complexity index is 583. The highest BCUT2D eigenvalue weighted by atomic mass is 32.2. The number of nitrogens with one attached hydrogen (secondary N) is 2. The van der Waals surface area contributed by atoms with E-state index in [2.05, 4.69) is 0 Å². The van der Waals surface area contributed by atoms with Crippen LogP contribution in [-0.2, 0) is 20.0 Å². The highest BCUT2D eigenvalue weighted by Gasteiger charge is 2.50. The van der Waals surface area contributed by atoms with Crippen LogP contribution >= 0.6 is 0 Å². The fourth-order valence-electron chi connectivity index (χ4n) is 1.45. The molecule has 0 saturated carbocycles. The van der Waals surface area contributed by atoms with Crippen molar-refractivity contribution in [2.45, 2.75) is 43.2 Å². The molecule has 22 heavy (non-hydrogen) atoms. The van der Waals surface area contributed by atoms with Gasteiger partial charge in [-0.2, -0.15) is 26.3 Å². The molecule has 0 aliphatic carbocycles. The molecule has 0 bridgehead atoms. The van der Waals surface area contributed by atoms with Crippen molar-refractivity contribution < 1.29 is 43.2 Å². The first-order valence-electron chi connectivity index (χ1n) is 5.63. The van der Waals surface area contributed by atoms with E-state index in [-0.39, 0.29) is 12.8 Å². The summed E-state index contributed by atoms with van der Waals surface area (Å²) in [6, 6.07) is 0. The molecule has 0 aromatic heterocycles. The third kappa shape index (κ3) is 5.55. The van der Waals surface area contributed by atoms with Gasteiger partial charge in [-0.05, 0) is 13.3 Å². The summed E-state index contributed by atoms with van der Waals surface area (Å²) in [4.78, 5) is 0. The molecule has 0 aliphatic rings. The quantitative estimate of drug-likeness (QED) is 0.654. The maximum atomic E-state index is 12.3. The van der Waals surface area contributed by atoms with Crippen molar-refractivity contribution in [3.63, 3.8) is 0 Å². The molecule has 0 rings (SSSR count). The van der Waals surface area contributed by atoms with Crippen molar-refractivity contribution >= 4 is 20.0 Å². The van der Waals surface area contributed by atoms with Gasteiger partial charge in [0.05, 0.1) is 0 Å². The van der Waals surface area contributed by atoms with Crippen LogP contribution in [0, 0.1) is 0 Å². The smallest absolute Gasteiger partial charge is 0.206 e. The van der Waals surface area contributed by atoms with Gasteiger partial charge in [-0.25, -0.2) is 26.3 Å². The summed E-state index contributed by atoms with van der Waals surface area (Å²) in [5.41, 5.74) is -13.4. The zero-order valence-electron chi connectivity index (χ0n) is 11.3. The summed E-state index contributed by atoms with van der Waals surface area (Å²) in [6.45, 7) is 1.09. The molecular formula is C8H14F6N2O4S2. The number of alkyl halides is 6. The van der Waals surface area contributed by atoms with Gasteiger partial charge in [0.2, 0.25) is 0 Å². The molecule has 0 spiro atoms. The molecule has 1 unspecified atom stereocenters. The Morgan fingerprint density at radius 1 is 0.864 bits per heavy atom. The standard InChI is InChI=1S/C8H14F6N2O4S2/c1-3-4-6(2,16-22(19,20)8(12,13)14)5-15-21(17,18)7(9,10)11/h15-16H,3-5H2,1-2H3. The average molecular weight is 380 g/mol. The van der Waals surface area contributed by atoms with Crippen LogP contribution in [0.15, 0.2) is 0 Å². The van der Waals surface area contributed by atoms with Crippen LogP contribution < -0.4 is 9.44 Å². The van der Waals surface area contributed by atoms with E-state index in [1.165, 1.54) is 11.6 Å². The molecule has 1 atom stereocenters. The monoisotopic (exact) mass is 380 g/mol. The third-order valence-corrected chi connectivity index (χ3v) is 4.95. The first-order valence-corrected chi connectivity index (χ1v) is 8.60. The second kappa shape index (κ2) is 6.49. The molecule has 0 aliphatic heterocycles. The minimum atomic E-state index is -5.85. The van der Waals surface area contributed by atoms with Crippen molar-refractivity contribution in [2.24, 2.45) is 0 Å². The molecule has 134 valence electrons. The Morgan fingerprint density at radius 2 is 1.27 bits per heavy atom. The molecule has 0 amide bonds. The molecule has 2 N–H and O–H groups in total.